The first kappa shape index (κ1) is 11.7. The summed E-state index contributed by atoms with van der Waals surface area (Å²) in [5.74, 6) is 0.646. The van der Waals surface area contributed by atoms with E-state index in [-0.39, 0.29) is 5.78 Å². The number of halogens is 2. The topological polar surface area (TPSA) is 26.3 Å². The average Bonchev–Trinajstić information content (AvgIpc) is 2.15. The maximum atomic E-state index is 11.6. The number of carbonyl (C=O) groups is 1. The molecule has 0 spiro atoms. The molecule has 0 radical (unpaired) electrons. The van der Waals surface area contributed by atoms with Crippen LogP contribution in [0.5, 0.6) is 5.75 Å². The fourth-order valence-corrected chi connectivity index (χ4v) is 2.13. The molecule has 0 atom stereocenters. The van der Waals surface area contributed by atoms with E-state index in [0.717, 1.165) is 10.0 Å². The summed E-state index contributed by atoms with van der Waals surface area (Å²) in [6.07, 6.45) is 0. The Kier molecular flexibility index (Phi) is 4.13. The Morgan fingerprint density at radius 2 is 2.14 bits per heavy atom. The number of aryl methyl sites for hydroxylation is 1. The normalized spacial score (nSPS) is 10.0. The van der Waals surface area contributed by atoms with Gasteiger partial charge in [0.2, 0.25) is 0 Å². The number of ketones is 1. The molecule has 1 aromatic rings. The lowest BCUT2D eigenvalue weighted by molar-refractivity contribution is 0.102. The summed E-state index contributed by atoms with van der Waals surface area (Å²) in [4.78, 5) is 11.6. The molecular weight excluding hydrogens is 312 g/mol. The maximum absolute atomic E-state index is 11.6. The van der Waals surface area contributed by atoms with E-state index in [0.29, 0.717) is 16.6 Å². The van der Waals surface area contributed by atoms with Crippen LogP contribution in [0.4, 0.5) is 0 Å². The van der Waals surface area contributed by atoms with Crippen molar-refractivity contribution in [2.75, 3.05) is 12.4 Å². The van der Waals surface area contributed by atoms with Crippen LogP contribution in [0.3, 0.4) is 0 Å². The third-order valence-electron chi connectivity index (χ3n) is 1.88. The molecule has 0 N–H and O–H groups in total. The molecule has 0 aliphatic carbocycles. The zero-order chi connectivity index (χ0) is 10.7. The lowest BCUT2D eigenvalue weighted by Crippen LogP contribution is -2.05. The van der Waals surface area contributed by atoms with Crippen molar-refractivity contribution >= 4 is 37.6 Å². The van der Waals surface area contributed by atoms with E-state index in [1.807, 2.05) is 13.0 Å². The van der Waals surface area contributed by atoms with E-state index in [4.69, 9.17) is 4.74 Å². The van der Waals surface area contributed by atoms with Crippen LogP contribution in [0.2, 0.25) is 0 Å². The molecule has 1 aromatic carbocycles. The van der Waals surface area contributed by atoms with Crippen molar-refractivity contribution in [3.05, 3.63) is 27.7 Å². The van der Waals surface area contributed by atoms with Gasteiger partial charge in [-0.3, -0.25) is 4.79 Å². The molecular formula is C10H10Br2O2. The van der Waals surface area contributed by atoms with Crippen molar-refractivity contribution < 1.29 is 9.53 Å². The smallest absolute Gasteiger partial charge is 0.177 e. The van der Waals surface area contributed by atoms with Crippen molar-refractivity contribution in [2.24, 2.45) is 0 Å². The maximum Gasteiger partial charge on any atom is 0.177 e. The number of Topliss-reactive ketones (excluding diaryl/α,β-unsaturated/α-hetero) is 1. The Bertz CT molecular complexity index is 361. The lowest BCUT2D eigenvalue weighted by atomic mass is 10.0. The SMILES string of the molecule is COc1cc(Br)cc(C)c1C(=O)CBr. The van der Waals surface area contributed by atoms with Gasteiger partial charge in [0.05, 0.1) is 18.0 Å². The van der Waals surface area contributed by atoms with Crippen LogP contribution >= 0.6 is 31.9 Å². The number of hydrogen-bond donors (Lipinski definition) is 0. The van der Waals surface area contributed by atoms with Crippen LogP contribution in [-0.4, -0.2) is 18.2 Å². The molecule has 0 bridgehead atoms. The summed E-state index contributed by atoms with van der Waals surface area (Å²) in [5.41, 5.74) is 1.56. The van der Waals surface area contributed by atoms with E-state index in [1.165, 1.54) is 0 Å². The Morgan fingerprint density at radius 3 is 2.64 bits per heavy atom. The van der Waals surface area contributed by atoms with Gasteiger partial charge in [0.1, 0.15) is 5.75 Å². The van der Waals surface area contributed by atoms with Gasteiger partial charge in [-0.1, -0.05) is 31.9 Å². The van der Waals surface area contributed by atoms with Gasteiger partial charge in [0.15, 0.2) is 5.78 Å². The van der Waals surface area contributed by atoms with Gasteiger partial charge in [0.25, 0.3) is 0 Å². The van der Waals surface area contributed by atoms with E-state index >= 15 is 0 Å². The highest BCUT2D eigenvalue weighted by Gasteiger charge is 2.14. The first-order chi connectivity index (χ1) is 6.60. The summed E-state index contributed by atoms with van der Waals surface area (Å²) in [6, 6.07) is 3.70. The number of alkyl halides is 1. The predicted molar refractivity (Wildman–Crippen MR) is 63.6 cm³/mol. The Labute approximate surface area is 99.9 Å². The third kappa shape index (κ3) is 2.36. The molecule has 2 nitrogen and oxygen atoms in total. The van der Waals surface area contributed by atoms with Crippen molar-refractivity contribution in [1.29, 1.82) is 0 Å². The zero-order valence-electron chi connectivity index (χ0n) is 7.93. The molecule has 0 aliphatic heterocycles. The second-order valence-electron chi connectivity index (χ2n) is 2.86. The first-order valence-corrected chi connectivity index (χ1v) is 5.95. The van der Waals surface area contributed by atoms with Crippen LogP contribution in [0.25, 0.3) is 0 Å². The summed E-state index contributed by atoms with van der Waals surface area (Å²) < 4.78 is 6.07. The second kappa shape index (κ2) is 4.94. The molecule has 14 heavy (non-hydrogen) atoms. The van der Waals surface area contributed by atoms with E-state index in [2.05, 4.69) is 31.9 Å². The number of benzene rings is 1. The molecule has 0 saturated carbocycles. The monoisotopic (exact) mass is 320 g/mol. The second-order valence-corrected chi connectivity index (χ2v) is 4.33. The predicted octanol–water partition coefficient (Wildman–Crippen LogP) is 3.34. The summed E-state index contributed by atoms with van der Waals surface area (Å²) in [5, 5.41) is 0.311. The molecule has 76 valence electrons. The molecule has 0 aromatic heterocycles. The Hall–Kier alpha value is -0.350. The minimum absolute atomic E-state index is 0.0341. The lowest BCUT2D eigenvalue weighted by Gasteiger charge is -2.10. The summed E-state index contributed by atoms with van der Waals surface area (Å²) in [7, 11) is 1.56. The van der Waals surface area contributed by atoms with Crippen LogP contribution in [-0.2, 0) is 0 Å². The van der Waals surface area contributed by atoms with Crippen LogP contribution in [0.1, 0.15) is 15.9 Å². The van der Waals surface area contributed by atoms with Gasteiger partial charge >= 0.3 is 0 Å². The van der Waals surface area contributed by atoms with Gasteiger partial charge in [-0.2, -0.15) is 0 Å². The number of carbonyl (C=O) groups excluding carboxylic acids is 1. The molecule has 0 fully saturated rings. The highest BCUT2D eigenvalue weighted by atomic mass is 79.9. The standard InChI is InChI=1S/C10H10Br2O2/c1-6-3-7(12)4-9(14-2)10(6)8(13)5-11/h3-4H,5H2,1-2H3. The highest BCUT2D eigenvalue weighted by molar-refractivity contribution is 9.10. The minimum Gasteiger partial charge on any atom is -0.496 e. The number of rotatable bonds is 3. The summed E-state index contributed by atoms with van der Waals surface area (Å²) in [6.45, 7) is 1.89. The largest absolute Gasteiger partial charge is 0.496 e. The first-order valence-electron chi connectivity index (χ1n) is 4.03. The number of hydrogen-bond acceptors (Lipinski definition) is 2. The van der Waals surface area contributed by atoms with E-state index in [1.54, 1.807) is 13.2 Å². The molecule has 0 amide bonds. The van der Waals surface area contributed by atoms with Crippen molar-refractivity contribution in [1.82, 2.24) is 0 Å². The molecule has 4 heteroatoms. The molecule has 0 heterocycles. The number of methoxy groups -OCH3 is 1. The average molecular weight is 322 g/mol. The van der Waals surface area contributed by atoms with Gasteiger partial charge in [-0.25, -0.2) is 0 Å². The van der Waals surface area contributed by atoms with Gasteiger partial charge in [0, 0.05) is 4.47 Å². The highest BCUT2D eigenvalue weighted by Crippen LogP contribution is 2.27. The van der Waals surface area contributed by atoms with Crippen LogP contribution in [0.15, 0.2) is 16.6 Å². The van der Waals surface area contributed by atoms with Crippen LogP contribution in [0, 0.1) is 6.92 Å². The van der Waals surface area contributed by atoms with Crippen molar-refractivity contribution in [2.45, 2.75) is 6.92 Å². The third-order valence-corrected chi connectivity index (χ3v) is 2.85. The molecule has 0 saturated heterocycles. The minimum atomic E-state index is 0.0341. The number of ether oxygens (including phenoxy) is 1. The summed E-state index contributed by atoms with van der Waals surface area (Å²) >= 11 is 6.51. The van der Waals surface area contributed by atoms with Crippen LogP contribution < -0.4 is 4.74 Å². The van der Waals surface area contributed by atoms with Gasteiger partial charge in [-0.15, -0.1) is 0 Å². The van der Waals surface area contributed by atoms with E-state index in [9.17, 15) is 4.79 Å². The fraction of sp³-hybridized carbons (Fsp3) is 0.300. The molecule has 1 rings (SSSR count). The molecule has 0 aliphatic rings. The van der Waals surface area contributed by atoms with Gasteiger partial charge < -0.3 is 4.74 Å². The van der Waals surface area contributed by atoms with E-state index < -0.39 is 0 Å². The molecule has 0 unspecified atom stereocenters. The van der Waals surface area contributed by atoms with Gasteiger partial charge in [-0.05, 0) is 24.6 Å². The van der Waals surface area contributed by atoms with Crippen molar-refractivity contribution in [3.8, 4) is 5.75 Å². The Balaban J connectivity index is 3.32. The zero-order valence-corrected chi connectivity index (χ0v) is 11.1. The fourth-order valence-electron chi connectivity index (χ4n) is 1.30. The van der Waals surface area contributed by atoms with Crippen molar-refractivity contribution in [3.63, 3.8) is 0 Å². The Morgan fingerprint density at radius 1 is 1.50 bits per heavy atom. The quantitative estimate of drug-likeness (QED) is 0.630.